The maximum atomic E-state index is 4.11. The van der Waals surface area contributed by atoms with Crippen LogP contribution in [0.4, 0.5) is 0 Å². The van der Waals surface area contributed by atoms with Crippen molar-refractivity contribution in [2.45, 2.75) is 6.92 Å². The highest BCUT2D eigenvalue weighted by molar-refractivity contribution is 5.72. The van der Waals surface area contributed by atoms with Crippen molar-refractivity contribution in [1.29, 1.82) is 0 Å². The molecule has 0 amide bonds. The van der Waals surface area contributed by atoms with Crippen LogP contribution in [0.5, 0.6) is 0 Å². The minimum atomic E-state index is 0.688. The molecule has 0 aliphatic rings. The zero-order valence-corrected chi connectivity index (χ0v) is 8.03. The maximum Gasteiger partial charge on any atom is 0.0629 e. The van der Waals surface area contributed by atoms with Crippen molar-refractivity contribution in [3.8, 4) is 0 Å². The molecule has 0 spiro atoms. The fourth-order valence-corrected chi connectivity index (χ4v) is 0.703. The summed E-state index contributed by atoms with van der Waals surface area (Å²) in [5.41, 5.74) is 1.57. The highest BCUT2D eigenvalue weighted by atomic mass is 14.7. The summed E-state index contributed by atoms with van der Waals surface area (Å²) >= 11 is 0. The Morgan fingerprint density at radius 1 is 1.31 bits per heavy atom. The number of hydrogen-bond acceptors (Lipinski definition) is 1. The zero-order chi connectivity index (χ0) is 10.1. The normalized spacial score (nSPS) is 12.2. The minimum absolute atomic E-state index is 0.688. The second-order valence-corrected chi connectivity index (χ2v) is 2.31. The van der Waals surface area contributed by atoms with Crippen molar-refractivity contribution < 1.29 is 0 Å². The topological polar surface area (TPSA) is 12.4 Å². The third-order valence-corrected chi connectivity index (χ3v) is 1.36. The number of allylic oxidation sites excluding steroid dienone is 5. The van der Waals surface area contributed by atoms with Gasteiger partial charge in [-0.05, 0) is 18.6 Å². The summed E-state index contributed by atoms with van der Waals surface area (Å²) in [5, 5.41) is 0. The van der Waals surface area contributed by atoms with Crippen LogP contribution in [-0.2, 0) is 0 Å². The van der Waals surface area contributed by atoms with Gasteiger partial charge in [0.1, 0.15) is 0 Å². The van der Waals surface area contributed by atoms with Gasteiger partial charge in [0.05, 0.1) is 5.70 Å². The lowest BCUT2D eigenvalue weighted by Crippen LogP contribution is -1.80. The Hall–Kier alpha value is -1.63. The highest BCUT2D eigenvalue weighted by Crippen LogP contribution is 2.09. The van der Waals surface area contributed by atoms with E-state index in [0.29, 0.717) is 5.70 Å². The molecule has 1 nitrogen and oxygen atoms in total. The molecule has 0 unspecified atom stereocenters. The minimum Gasteiger partial charge on any atom is -0.257 e. The largest absolute Gasteiger partial charge is 0.257 e. The second kappa shape index (κ2) is 7.04. The van der Waals surface area contributed by atoms with Crippen LogP contribution in [-0.4, -0.2) is 6.21 Å². The van der Waals surface area contributed by atoms with Crippen molar-refractivity contribution in [2.75, 3.05) is 0 Å². The smallest absolute Gasteiger partial charge is 0.0629 e. The Morgan fingerprint density at radius 3 is 2.46 bits per heavy atom. The van der Waals surface area contributed by atoms with Gasteiger partial charge in [0.2, 0.25) is 0 Å². The number of hydrogen-bond donors (Lipinski definition) is 0. The van der Waals surface area contributed by atoms with E-state index in [1.807, 2.05) is 25.2 Å². The Kier molecular flexibility index (Phi) is 6.16. The molecule has 0 fully saturated rings. The molecule has 0 atom stereocenters. The second-order valence-electron chi connectivity index (χ2n) is 2.31. The van der Waals surface area contributed by atoms with E-state index in [0.717, 1.165) is 5.57 Å². The summed E-state index contributed by atoms with van der Waals surface area (Å²) in [5.74, 6) is 0. The summed E-state index contributed by atoms with van der Waals surface area (Å²) in [7, 11) is 0. The van der Waals surface area contributed by atoms with Crippen LogP contribution in [0.1, 0.15) is 6.92 Å². The first-order valence-electron chi connectivity index (χ1n) is 4.06. The fraction of sp³-hybridized carbons (Fsp3) is 0.0833. The predicted octanol–water partition coefficient (Wildman–Crippen LogP) is 3.45. The molecule has 0 radical (unpaired) electrons. The van der Waals surface area contributed by atoms with E-state index in [1.54, 1.807) is 18.4 Å². The molecule has 0 aromatic heterocycles. The van der Waals surface area contributed by atoms with E-state index in [2.05, 4.69) is 24.7 Å². The van der Waals surface area contributed by atoms with Gasteiger partial charge in [0.25, 0.3) is 0 Å². The van der Waals surface area contributed by atoms with Gasteiger partial charge in [-0.2, -0.15) is 0 Å². The van der Waals surface area contributed by atoms with E-state index < -0.39 is 0 Å². The van der Waals surface area contributed by atoms with E-state index >= 15 is 0 Å². The lowest BCUT2D eigenvalue weighted by atomic mass is 10.2. The SMILES string of the molecule is C=C/C=C(\C=C)C(=C)/N=C\C=C/C. The van der Waals surface area contributed by atoms with Crippen molar-refractivity contribution in [3.05, 3.63) is 61.4 Å². The lowest BCUT2D eigenvalue weighted by Gasteiger charge is -1.97. The highest BCUT2D eigenvalue weighted by Gasteiger charge is 1.92. The van der Waals surface area contributed by atoms with Gasteiger partial charge in [0, 0.05) is 6.21 Å². The Bertz CT molecular complexity index is 277. The monoisotopic (exact) mass is 173 g/mol. The number of rotatable bonds is 5. The molecular weight excluding hydrogens is 158 g/mol. The van der Waals surface area contributed by atoms with Crippen LogP contribution in [0.2, 0.25) is 0 Å². The molecule has 0 rings (SSSR count). The van der Waals surface area contributed by atoms with Crippen LogP contribution in [0.25, 0.3) is 0 Å². The summed E-state index contributed by atoms with van der Waals surface area (Å²) < 4.78 is 0. The quantitative estimate of drug-likeness (QED) is 0.446. The van der Waals surface area contributed by atoms with E-state index in [-0.39, 0.29) is 0 Å². The van der Waals surface area contributed by atoms with Gasteiger partial charge in [0.15, 0.2) is 0 Å². The first-order chi connectivity index (χ1) is 6.26. The average molecular weight is 173 g/mol. The van der Waals surface area contributed by atoms with Gasteiger partial charge in [-0.1, -0.05) is 44.0 Å². The summed E-state index contributed by atoms with van der Waals surface area (Å²) in [4.78, 5) is 4.11. The third kappa shape index (κ3) is 4.75. The standard InChI is InChI=1S/C12H15N/c1-5-8-10-13-11(4)12(7-3)9-6-2/h5-10H,2-4H2,1H3/b8-5-,12-9+,13-10-. The predicted molar refractivity (Wildman–Crippen MR) is 60.9 cm³/mol. The molecule has 0 saturated carbocycles. The number of aliphatic imine (C=N–C) groups is 1. The molecule has 0 aliphatic carbocycles. The lowest BCUT2D eigenvalue weighted by molar-refractivity contribution is 1.38. The molecule has 68 valence electrons. The molecule has 0 aliphatic heterocycles. The first-order valence-corrected chi connectivity index (χ1v) is 4.06. The van der Waals surface area contributed by atoms with Gasteiger partial charge in [-0.3, -0.25) is 4.99 Å². The van der Waals surface area contributed by atoms with Crippen molar-refractivity contribution >= 4 is 6.21 Å². The summed E-state index contributed by atoms with van der Waals surface area (Å²) in [6.45, 7) is 13.0. The molecule has 0 saturated heterocycles. The molecule has 1 heteroatoms. The number of nitrogens with zero attached hydrogens (tertiary/aromatic N) is 1. The van der Waals surface area contributed by atoms with Crippen LogP contribution in [0, 0.1) is 0 Å². The Balaban J connectivity index is 4.48. The van der Waals surface area contributed by atoms with Gasteiger partial charge >= 0.3 is 0 Å². The summed E-state index contributed by atoms with van der Waals surface area (Å²) in [6.07, 6.45) is 10.7. The van der Waals surface area contributed by atoms with Crippen molar-refractivity contribution in [1.82, 2.24) is 0 Å². The van der Waals surface area contributed by atoms with Crippen molar-refractivity contribution in [2.24, 2.45) is 4.99 Å². The molecular formula is C12H15N. The first kappa shape index (κ1) is 11.4. The molecule has 0 bridgehead atoms. The average Bonchev–Trinajstić information content (AvgIpc) is 2.14. The van der Waals surface area contributed by atoms with Gasteiger partial charge in [-0.25, -0.2) is 0 Å². The molecule has 0 aromatic carbocycles. The van der Waals surface area contributed by atoms with Crippen LogP contribution >= 0.6 is 0 Å². The van der Waals surface area contributed by atoms with Crippen LogP contribution in [0.3, 0.4) is 0 Å². The van der Waals surface area contributed by atoms with Crippen molar-refractivity contribution in [3.63, 3.8) is 0 Å². The molecule has 0 aromatic rings. The third-order valence-electron chi connectivity index (χ3n) is 1.36. The summed E-state index contributed by atoms with van der Waals surface area (Å²) in [6, 6.07) is 0. The van der Waals surface area contributed by atoms with Crippen LogP contribution < -0.4 is 0 Å². The van der Waals surface area contributed by atoms with Crippen LogP contribution in [0.15, 0.2) is 66.4 Å². The molecule has 0 heterocycles. The van der Waals surface area contributed by atoms with E-state index in [1.165, 1.54) is 0 Å². The molecule has 13 heavy (non-hydrogen) atoms. The van der Waals surface area contributed by atoms with Gasteiger partial charge in [-0.15, -0.1) is 0 Å². The van der Waals surface area contributed by atoms with Gasteiger partial charge < -0.3 is 0 Å². The van der Waals surface area contributed by atoms with E-state index in [9.17, 15) is 0 Å². The van der Waals surface area contributed by atoms with E-state index in [4.69, 9.17) is 0 Å². The Labute approximate surface area is 80.2 Å². The Morgan fingerprint density at radius 2 is 2.00 bits per heavy atom. The fourth-order valence-electron chi connectivity index (χ4n) is 0.703. The molecule has 0 N–H and O–H groups in total. The maximum absolute atomic E-state index is 4.11. The zero-order valence-electron chi connectivity index (χ0n) is 8.03.